The maximum Gasteiger partial charge on any atom is 0.320 e. The van der Waals surface area contributed by atoms with Gasteiger partial charge in [-0.1, -0.05) is 6.92 Å². The highest BCUT2D eigenvalue weighted by Gasteiger charge is 2.31. The van der Waals surface area contributed by atoms with E-state index in [9.17, 15) is 9.59 Å². The number of carbonyl (C=O) groups is 2. The molecule has 1 aliphatic rings. The molecule has 0 saturated heterocycles. The van der Waals surface area contributed by atoms with Crippen LogP contribution in [0.3, 0.4) is 0 Å². The number of rotatable bonds is 9. The molecule has 0 heterocycles. The number of nitrogens with zero attached hydrogens (tertiary/aromatic N) is 2. The Morgan fingerprint density at radius 3 is 2.32 bits per heavy atom. The predicted octanol–water partition coefficient (Wildman–Crippen LogP) is 1.27. The lowest BCUT2D eigenvalue weighted by Gasteiger charge is -2.25. The first-order chi connectivity index (χ1) is 9.12. The zero-order chi connectivity index (χ0) is 14.3. The number of carbonyl (C=O) groups excluding carboxylic acids is 2. The van der Waals surface area contributed by atoms with E-state index in [-0.39, 0.29) is 18.4 Å². The molecule has 110 valence electrons. The minimum Gasteiger partial charge on any atom is -0.465 e. The van der Waals surface area contributed by atoms with Crippen LogP contribution in [0.25, 0.3) is 0 Å². The summed E-state index contributed by atoms with van der Waals surface area (Å²) in [5, 5.41) is 0. The standard InChI is InChI=1S/C14H26N2O3/c1-4-9-15(11-14(18)19-6-3)10-13(17)16(5-2)12-7-8-12/h12H,4-11H2,1-3H3. The fourth-order valence-corrected chi connectivity index (χ4v) is 2.23. The van der Waals surface area contributed by atoms with Gasteiger partial charge >= 0.3 is 5.97 Å². The third-order valence-electron chi connectivity index (χ3n) is 3.21. The van der Waals surface area contributed by atoms with Crippen LogP contribution in [0.4, 0.5) is 0 Å². The van der Waals surface area contributed by atoms with Crippen LogP contribution in [-0.2, 0) is 14.3 Å². The Morgan fingerprint density at radius 1 is 1.16 bits per heavy atom. The summed E-state index contributed by atoms with van der Waals surface area (Å²) in [5.74, 6) is -0.124. The zero-order valence-electron chi connectivity index (χ0n) is 12.4. The van der Waals surface area contributed by atoms with Gasteiger partial charge in [0.15, 0.2) is 0 Å². The van der Waals surface area contributed by atoms with Crippen molar-refractivity contribution in [1.82, 2.24) is 9.80 Å². The Balaban J connectivity index is 2.46. The molecule has 5 heteroatoms. The van der Waals surface area contributed by atoms with Crippen molar-refractivity contribution in [2.75, 3.05) is 32.8 Å². The van der Waals surface area contributed by atoms with E-state index in [2.05, 4.69) is 0 Å². The Bertz CT molecular complexity index is 303. The molecule has 5 nitrogen and oxygen atoms in total. The average Bonchev–Trinajstić information content (AvgIpc) is 3.15. The maximum atomic E-state index is 12.2. The summed E-state index contributed by atoms with van der Waals surface area (Å²) in [6.45, 7) is 8.24. The SMILES string of the molecule is CCCN(CC(=O)OCC)CC(=O)N(CC)C1CC1. The predicted molar refractivity (Wildman–Crippen MR) is 73.8 cm³/mol. The summed E-state index contributed by atoms with van der Waals surface area (Å²) in [5.41, 5.74) is 0. The molecule has 0 radical (unpaired) electrons. The molecule has 0 aromatic heterocycles. The van der Waals surface area contributed by atoms with Crippen LogP contribution < -0.4 is 0 Å². The highest BCUT2D eigenvalue weighted by atomic mass is 16.5. The largest absolute Gasteiger partial charge is 0.465 e. The summed E-state index contributed by atoms with van der Waals surface area (Å²) in [7, 11) is 0. The lowest BCUT2D eigenvalue weighted by atomic mass is 10.3. The van der Waals surface area contributed by atoms with Crippen LogP contribution in [0.5, 0.6) is 0 Å². The Labute approximate surface area is 115 Å². The van der Waals surface area contributed by atoms with E-state index < -0.39 is 0 Å². The summed E-state index contributed by atoms with van der Waals surface area (Å²) in [6, 6.07) is 0.434. The van der Waals surface area contributed by atoms with E-state index in [4.69, 9.17) is 4.74 Å². The van der Waals surface area contributed by atoms with Gasteiger partial charge in [-0.25, -0.2) is 0 Å². The molecule has 0 N–H and O–H groups in total. The van der Waals surface area contributed by atoms with Crippen LogP contribution in [0.1, 0.15) is 40.0 Å². The molecule has 0 spiro atoms. The summed E-state index contributed by atoms with van der Waals surface area (Å²) in [6.07, 6.45) is 3.15. The molecule has 1 saturated carbocycles. The molecule has 1 rings (SSSR count). The third-order valence-corrected chi connectivity index (χ3v) is 3.21. The van der Waals surface area contributed by atoms with E-state index in [1.807, 2.05) is 23.6 Å². The normalized spacial score (nSPS) is 14.5. The van der Waals surface area contributed by atoms with Gasteiger partial charge in [0.05, 0.1) is 19.7 Å². The average molecular weight is 270 g/mol. The molecule has 0 bridgehead atoms. The molecule has 0 aromatic carbocycles. The zero-order valence-corrected chi connectivity index (χ0v) is 12.4. The molecule has 1 amide bonds. The molecule has 0 unspecified atom stereocenters. The Hall–Kier alpha value is -1.10. The van der Waals surface area contributed by atoms with Crippen LogP contribution >= 0.6 is 0 Å². The first-order valence-electron chi connectivity index (χ1n) is 7.29. The van der Waals surface area contributed by atoms with Gasteiger partial charge in [0.25, 0.3) is 0 Å². The van der Waals surface area contributed by atoms with E-state index in [0.717, 1.165) is 32.4 Å². The Morgan fingerprint density at radius 2 is 1.84 bits per heavy atom. The summed E-state index contributed by atoms with van der Waals surface area (Å²) in [4.78, 5) is 27.5. The molecule has 1 aliphatic carbocycles. The van der Waals surface area contributed by atoms with Crippen LogP contribution in [0, 0.1) is 0 Å². The van der Waals surface area contributed by atoms with E-state index in [1.54, 1.807) is 6.92 Å². The van der Waals surface area contributed by atoms with Crippen molar-refractivity contribution in [3.8, 4) is 0 Å². The highest BCUT2D eigenvalue weighted by Crippen LogP contribution is 2.26. The van der Waals surface area contributed by atoms with Crippen LogP contribution in [-0.4, -0.2) is 60.5 Å². The molecular weight excluding hydrogens is 244 g/mol. The van der Waals surface area contributed by atoms with Crippen molar-refractivity contribution in [1.29, 1.82) is 0 Å². The second kappa shape index (κ2) is 8.15. The van der Waals surface area contributed by atoms with Gasteiger partial charge in [0, 0.05) is 12.6 Å². The van der Waals surface area contributed by atoms with Gasteiger partial charge in [0.2, 0.25) is 5.91 Å². The van der Waals surface area contributed by atoms with E-state index in [1.165, 1.54) is 0 Å². The van der Waals surface area contributed by atoms with Crippen molar-refractivity contribution in [2.24, 2.45) is 0 Å². The minimum atomic E-state index is -0.252. The molecular formula is C14H26N2O3. The molecule has 0 aliphatic heterocycles. The highest BCUT2D eigenvalue weighted by molar-refractivity contribution is 5.80. The van der Waals surface area contributed by atoms with E-state index >= 15 is 0 Å². The van der Waals surface area contributed by atoms with Crippen molar-refractivity contribution in [3.63, 3.8) is 0 Å². The lowest BCUT2D eigenvalue weighted by Crippen LogP contribution is -2.43. The van der Waals surface area contributed by atoms with Gasteiger partial charge in [-0.15, -0.1) is 0 Å². The fourth-order valence-electron chi connectivity index (χ4n) is 2.23. The van der Waals surface area contributed by atoms with Gasteiger partial charge in [0.1, 0.15) is 0 Å². The van der Waals surface area contributed by atoms with Gasteiger partial charge in [-0.05, 0) is 39.7 Å². The molecule has 1 fully saturated rings. The monoisotopic (exact) mass is 270 g/mol. The van der Waals surface area contributed by atoms with E-state index in [0.29, 0.717) is 19.2 Å². The quantitative estimate of drug-likeness (QED) is 0.592. The Kier molecular flexibility index (Phi) is 6.84. The van der Waals surface area contributed by atoms with Crippen LogP contribution in [0.15, 0.2) is 0 Å². The maximum absolute atomic E-state index is 12.2. The van der Waals surface area contributed by atoms with Gasteiger partial charge in [-0.3, -0.25) is 14.5 Å². The minimum absolute atomic E-state index is 0.128. The lowest BCUT2D eigenvalue weighted by molar-refractivity contribution is -0.145. The summed E-state index contributed by atoms with van der Waals surface area (Å²) < 4.78 is 4.94. The number of hydrogen-bond donors (Lipinski definition) is 0. The number of esters is 1. The first kappa shape index (κ1) is 16.0. The number of ether oxygens (including phenoxy) is 1. The molecule has 0 aromatic rings. The second-order valence-corrected chi connectivity index (χ2v) is 4.93. The first-order valence-corrected chi connectivity index (χ1v) is 7.29. The number of hydrogen-bond acceptors (Lipinski definition) is 4. The van der Waals surface area contributed by atoms with Gasteiger partial charge in [-0.2, -0.15) is 0 Å². The van der Waals surface area contributed by atoms with Crippen LogP contribution in [0.2, 0.25) is 0 Å². The smallest absolute Gasteiger partial charge is 0.320 e. The number of amides is 1. The molecule has 0 atom stereocenters. The second-order valence-electron chi connectivity index (χ2n) is 4.93. The summed E-state index contributed by atoms with van der Waals surface area (Å²) >= 11 is 0. The number of likely N-dealkylation sites (N-methyl/N-ethyl adjacent to an activating group) is 1. The van der Waals surface area contributed by atoms with Crippen molar-refractivity contribution in [2.45, 2.75) is 46.1 Å². The van der Waals surface area contributed by atoms with Crippen molar-refractivity contribution in [3.05, 3.63) is 0 Å². The fraction of sp³-hybridized carbons (Fsp3) is 0.857. The molecule has 19 heavy (non-hydrogen) atoms. The van der Waals surface area contributed by atoms with Gasteiger partial charge < -0.3 is 9.64 Å². The van der Waals surface area contributed by atoms with Crippen molar-refractivity contribution >= 4 is 11.9 Å². The topological polar surface area (TPSA) is 49.9 Å². The van der Waals surface area contributed by atoms with Crippen molar-refractivity contribution < 1.29 is 14.3 Å². The third kappa shape index (κ3) is 5.59.